The molecule has 0 fully saturated rings. The molecular formula is C32H30N6O2. The first-order valence-electron chi connectivity index (χ1n) is 12.6. The van der Waals surface area contributed by atoms with Crippen LogP contribution in [0.5, 0.6) is 0 Å². The average molecular weight is 531 g/mol. The van der Waals surface area contributed by atoms with Gasteiger partial charge in [0.15, 0.2) is 0 Å². The Morgan fingerprint density at radius 3 is 1.35 bits per heavy atom. The van der Waals surface area contributed by atoms with Crippen LogP contribution in [0.1, 0.15) is 45.7 Å². The first-order valence-corrected chi connectivity index (χ1v) is 12.6. The van der Waals surface area contributed by atoms with Gasteiger partial charge in [0.2, 0.25) is 5.91 Å². The molecular weight excluding hydrogens is 500 g/mol. The van der Waals surface area contributed by atoms with E-state index in [2.05, 4.69) is 0 Å². The smallest absolute Gasteiger partial charge is 0.253 e. The minimum atomic E-state index is -0.458. The van der Waals surface area contributed by atoms with Crippen LogP contribution in [0.25, 0.3) is 22.3 Å². The van der Waals surface area contributed by atoms with Crippen molar-refractivity contribution in [3.63, 3.8) is 0 Å². The minimum Gasteiger partial charge on any atom is -0.398 e. The lowest BCUT2D eigenvalue weighted by molar-refractivity contribution is 0.0772. The van der Waals surface area contributed by atoms with Crippen molar-refractivity contribution in [1.82, 2.24) is 4.90 Å². The summed E-state index contributed by atoms with van der Waals surface area (Å²) in [7, 11) is 0. The van der Waals surface area contributed by atoms with Crippen LogP contribution in [-0.2, 0) is 0 Å². The minimum absolute atomic E-state index is 0.0379. The summed E-state index contributed by atoms with van der Waals surface area (Å²) in [6.45, 7) is 5.33. The maximum Gasteiger partial charge on any atom is 0.253 e. The van der Waals surface area contributed by atoms with Crippen molar-refractivity contribution in [2.24, 2.45) is 5.73 Å². The van der Waals surface area contributed by atoms with E-state index in [0.717, 1.165) is 22.3 Å². The third-order valence-corrected chi connectivity index (χ3v) is 6.36. The number of nitrogen functional groups attached to an aromatic ring is 2. The van der Waals surface area contributed by atoms with Gasteiger partial charge in [-0.2, -0.15) is 10.5 Å². The fourth-order valence-corrected chi connectivity index (χ4v) is 4.01. The van der Waals surface area contributed by atoms with Crippen molar-refractivity contribution in [3.05, 3.63) is 107 Å². The summed E-state index contributed by atoms with van der Waals surface area (Å²) in [5, 5.41) is 17.7. The van der Waals surface area contributed by atoms with E-state index in [1.807, 2.05) is 62.4 Å². The second-order valence-electron chi connectivity index (χ2n) is 8.82. The molecule has 0 saturated heterocycles. The van der Waals surface area contributed by atoms with Gasteiger partial charge in [-0.15, -0.1) is 0 Å². The fraction of sp³-hybridized carbons (Fsp3) is 0.125. The van der Waals surface area contributed by atoms with Gasteiger partial charge >= 0.3 is 0 Å². The largest absolute Gasteiger partial charge is 0.398 e. The Balaban J connectivity index is 0.000000225. The van der Waals surface area contributed by atoms with E-state index in [0.29, 0.717) is 46.7 Å². The van der Waals surface area contributed by atoms with Gasteiger partial charge in [0.1, 0.15) is 12.1 Å². The predicted octanol–water partition coefficient (Wildman–Crippen LogP) is 5.20. The molecule has 200 valence electrons. The molecule has 0 atom stereocenters. The number of benzene rings is 4. The summed E-state index contributed by atoms with van der Waals surface area (Å²) < 4.78 is 0. The van der Waals surface area contributed by atoms with Crippen LogP contribution in [0, 0.1) is 22.7 Å². The number of rotatable bonds is 6. The zero-order valence-corrected chi connectivity index (χ0v) is 22.4. The molecule has 4 aromatic carbocycles. The van der Waals surface area contributed by atoms with Gasteiger partial charge in [-0.1, -0.05) is 36.4 Å². The Labute approximate surface area is 233 Å². The van der Waals surface area contributed by atoms with E-state index in [9.17, 15) is 9.59 Å². The molecule has 0 radical (unpaired) electrons. The van der Waals surface area contributed by atoms with Crippen LogP contribution in [-0.4, -0.2) is 29.8 Å². The molecule has 0 aliphatic rings. The number of nitrogens with zero attached hydrogens (tertiary/aromatic N) is 3. The normalized spacial score (nSPS) is 9.90. The first kappa shape index (κ1) is 29.0. The van der Waals surface area contributed by atoms with Gasteiger partial charge in [-0.25, -0.2) is 0 Å². The Bertz CT molecular complexity index is 1590. The van der Waals surface area contributed by atoms with Crippen LogP contribution >= 0.6 is 0 Å². The van der Waals surface area contributed by atoms with E-state index in [1.54, 1.807) is 53.4 Å². The highest BCUT2D eigenvalue weighted by atomic mass is 16.2. The van der Waals surface area contributed by atoms with Crippen molar-refractivity contribution < 1.29 is 9.59 Å². The number of carbonyl (C=O) groups is 2. The predicted molar refractivity (Wildman–Crippen MR) is 158 cm³/mol. The number of nitrogens with two attached hydrogens (primary N) is 3. The summed E-state index contributed by atoms with van der Waals surface area (Å²) in [6.07, 6.45) is 0. The molecule has 0 saturated carbocycles. The molecule has 0 unspecified atom stereocenters. The molecule has 4 aromatic rings. The SMILES string of the molecule is CCN(CC)C(=O)c1ccc(-c2ccc(C#N)c(N)c2)cc1.N#Cc1ccc(-c2ccc(C(N)=O)cc2)cc1N. The highest BCUT2D eigenvalue weighted by molar-refractivity contribution is 5.95. The van der Waals surface area contributed by atoms with E-state index in [4.69, 9.17) is 27.7 Å². The lowest BCUT2D eigenvalue weighted by atomic mass is 10.0. The van der Waals surface area contributed by atoms with Gasteiger partial charge in [0.05, 0.1) is 22.5 Å². The van der Waals surface area contributed by atoms with Gasteiger partial charge in [-0.3, -0.25) is 9.59 Å². The molecule has 0 aliphatic heterocycles. The summed E-state index contributed by atoms with van der Waals surface area (Å²) in [4.78, 5) is 25.0. The number of nitriles is 2. The van der Waals surface area contributed by atoms with E-state index >= 15 is 0 Å². The number of anilines is 2. The highest BCUT2D eigenvalue weighted by Crippen LogP contribution is 2.25. The first-order chi connectivity index (χ1) is 19.2. The van der Waals surface area contributed by atoms with E-state index in [1.165, 1.54) is 0 Å². The maximum absolute atomic E-state index is 12.3. The Kier molecular flexibility index (Phi) is 9.61. The second-order valence-corrected chi connectivity index (χ2v) is 8.82. The number of hydrogen-bond acceptors (Lipinski definition) is 6. The topological polar surface area (TPSA) is 163 Å². The molecule has 0 aromatic heterocycles. The van der Waals surface area contributed by atoms with E-state index in [-0.39, 0.29) is 5.91 Å². The Morgan fingerprint density at radius 2 is 1.02 bits per heavy atom. The highest BCUT2D eigenvalue weighted by Gasteiger charge is 2.12. The van der Waals surface area contributed by atoms with E-state index < -0.39 is 5.91 Å². The van der Waals surface area contributed by atoms with Crippen molar-refractivity contribution in [2.45, 2.75) is 13.8 Å². The molecule has 6 N–H and O–H groups in total. The summed E-state index contributed by atoms with van der Waals surface area (Å²) in [5.41, 5.74) is 23.4. The fourth-order valence-electron chi connectivity index (χ4n) is 4.01. The Morgan fingerprint density at radius 1 is 0.650 bits per heavy atom. The number of carbonyl (C=O) groups excluding carboxylic acids is 2. The van der Waals surface area contributed by atoms with Crippen molar-refractivity contribution in [2.75, 3.05) is 24.6 Å². The van der Waals surface area contributed by atoms with Crippen molar-refractivity contribution in [3.8, 4) is 34.4 Å². The molecule has 40 heavy (non-hydrogen) atoms. The molecule has 0 heterocycles. The maximum atomic E-state index is 12.3. The molecule has 0 bridgehead atoms. The zero-order valence-electron chi connectivity index (χ0n) is 22.4. The summed E-state index contributed by atoms with van der Waals surface area (Å²) >= 11 is 0. The quantitative estimate of drug-likeness (QED) is 0.290. The van der Waals surface area contributed by atoms with Crippen LogP contribution < -0.4 is 17.2 Å². The third kappa shape index (κ3) is 6.83. The van der Waals surface area contributed by atoms with Crippen LogP contribution in [0.15, 0.2) is 84.9 Å². The molecule has 0 aliphatic carbocycles. The van der Waals surface area contributed by atoms with Gasteiger partial charge in [0, 0.05) is 24.2 Å². The zero-order chi connectivity index (χ0) is 29.2. The third-order valence-electron chi connectivity index (χ3n) is 6.36. The monoisotopic (exact) mass is 530 g/mol. The van der Waals surface area contributed by atoms with Gasteiger partial charge in [0.25, 0.3) is 5.91 Å². The van der Waals surface area contributed by atoms with Gasteiger partial charge < -0.3 is 22.1 Å². The second kappa shape index (κ2) is 13.3. The summed E-state index contributed by atoms with van der Waals surface area (Å²) in [5.74, 6) is -0.420. The molecule has 4 rings (SSSR count). The van der Waals surface area contributed by atoms with Crippen LogP contribution in [0.2, 0.25) is 0 Å². The van der Waals surface area contributed by atoms with Crippen molar-refractivity contribution in [1.29, 1.82) is 10.5 Å². The average Bonchev–Trinajstić information content (AvgIpc) is 2.98. The lowest BCUT2D eigenvalue weighted by Gasteiger charge is -2.18. The number of hydrogen-bond donors (Lipinski definition) is 3. The van der Waals surface area contributed by atoms with Crippen LogP contribution in [0.4, 0.5) is 11.4 Å². The lowest BCUT2D eigenvalue weighted by Crippen LogP contribution is -2.30. The van der Waals surface area contributed by atoms with Crippen LogP contribution in [0.3, 0.4) is 0 Å². The number of amides is 2. The molecule has 8 heteroatoms. The summed E-state index contributed by atoms with van der Waals surface area (Å²) in [6, 6.07) is 29.0. The standard InChI is InChI=1S/C18H19N3O.C14H11N3O/c1-3-21(4-2)18(22)14-7-5-13(6-8-14)15-9-10-16(12-19)17(20)11-15;15-8-12-6-5-11(7-13(12)16)9-1-3-10(4-2-9)14(17)18/h5-11H,3-4,20H2,1-2H3;1-7H,16H2,(H2,17,18). The van der Waals surface area contributed by atoms with Crippen molar-refractivity contribution >= 4 is 23.2 Å². The molecule has 0 spiro atoms. The molecule has 2 amide bonds. The number of primary amides is 1. The van der Waals surface area contributed by atoms with Gasteiger partial charge in [-0.05, 0) is 84.6 Å². The molecule has 8 nitrogen and oxygen atoms in total. The Hall–Kier alpha value is -5.60.